The fraction of sp³-hybridized carbons (Fsp3) is 0.600. The zero-order valence-corrected chi connectivity index (χ0v) is 11.3. The van der Waals surface area contributed by atoms with E-state index >= 15 is 0 Å². The number of hydrogen-bond donors (Lipinski definition) is 0. The molecule has 1 aliphatic rings. The molecule has 0 atom stereocenters. The van der Waals surface area contributed by atoms with Crippen molar-refractivity contribution in [3.8, 4) is 0 Å². The number of hydrogen-bond acceptors (Lipinski definition) is 3. The second-order valence-electron chi connectivity index (χ2n) is 4.95. The highest BCUT2D eigenvalue weighted by Crippen LogP contribution is 2.08. The molecule has 1 aliphatic heterocycles. The van der Waals surface area contributed by atoms with Gasteiger partial charge in [-0.05, 0) is 12.0 Å². The van der Waals surface area contributed by atoms with Gasteiger partial charge in [0, 0.05) is 53.0 Å². The van der Waals surface area contributed by atoms with E-state index in [1.165, 1.54) is 38.3 Å². The van der Waals surface area contributed by atoms with Crippen LogP contribution in [-0.4, -0.2) is 56.2 Å². The van der Waals surface area contributed by atoms with Crippen LogP contribution in [0.4, 0.5) is 0 Å². The summed E-state index contributed by atoms with van der Waals surface area (Å²) in [7, 11) is 1.78. The van der Waals surface area contributed by atoms with Gasteiger partial charge in [0.05, 0.1) is 0 Å². The zero-order chi connectivity index (χ0) is 12.6. The Kier molecular flexibility index (Phi) is 5.65. The van der Waals surface area contributed by atoms with Gasteiger partial charge in [0.1, 0.15) is 0 Å². The summed E-state index contributed by atoms with van der Waals surface area (Å²) in [6, 6.07) is 10.7. The van der Waals surface area contributed by atoms with Crippen molar-refractivity contribution in [2.75, 3.05) is 46.4 Å². The normalized spacial score (nSPS) is 18.1. The predicted octanol–water partition coefficient (Wildman–Crippen LogP) is 1.84. The Morgan fingerprint density at radius 1 is 1.00 bits per heavy atom. The summed E-state index contributed by atoms with van der Waals surface area (Å²) in [6.07, 6.45) is 1.15. The maximum atomic E-state index is 5.10. The molecule has 3 nitrogen and oxygen atoms in total. The molecule has 3 heteroatoms. The number of methoxy groups -OCH3 is 1. The van der Waals surface area contributed by atoms with Gasteiger partial charge in [0.25, 0.3) is 0 Å². The van der Waals surface area contributed by atoms with Crippen LogP contribution in [0, 0.1) is 0 Å². The van der Waals surface area contributed by atoms with Gasteiger partial charge in [-0.25, -0.2) is 0 Å². The minimum Gasteiger partial charge on any atom is -0.385 e. The third kappa shape index (κ3) is 4.41. The van der Waals surface area contributed by atoms with Crippen LogP contribution in [-0.2, 0) is 11.3 Å². The summed E-state index contributed by atoms with van der Waals surface area (Å²) >= 11 is 0. The lowest BCUT2D eigenvalue weighted by atomic mass is 10.2. The predicted molar refractivity (Wildman–Crippen MR) is 74.7 cm³/mol. The SMILES string of the molecule is COCCCN1CCN(Cc2ccccc2)CC1. The molecule has 0 aliphatic carbocycles. The van der Waals surface area contributed by atoms with Crippen LogP contribution in [0.15, 0.2) is 30.3 Å². The fourth-order valence-electron chi connectivity index (χ4n) is 2.45. The summed E-state index contributed by atoms with van der Waals surface area (Å²) in [6.45, 7) is 7.89. The minimum absolute atomic E-state index is 0.879. The van der Waals surface area contributed by atoms with E-state index in [0.29, 0.717) is 0 Å². The first-order valence-electron chi connectivity index (χ1n) is 6.86. The summed E-state index contributed by atoms with van der Waals surface area (Å²) in [5.41, 5.74) is 1.42. The van der Waals surface area contributed by atoms with E-state index in [9.17, 15) is 0 Å². The van der Waals surface area contributed by atoms with Crippen LogP contribution in [0.3, 0.4) is 0 Å². The molecule has 0 unspecified atom stereocenters. The van der Waals surface area contributed by atoms with Crippen LogP contribution >= 0.6 is 0 Å². The van der Waals surface area contributed by atoms with Crippen LogP contribution in [0.25, 0.3) is 0 Å². The van der Waals surface area contributed by atoms with Gasteiger partial charge in [0.2, 0.25) is 0 Å². The van der Waals surface area contributed by atoms with Gasteiger partial charge in [-0.1, -0.05) is 30.3 Å². The Bertz CT molecular complexity index is 321. The van der Waals surface area contributed by atoms with Gasteiger partial charge >= 0.3 is 0 Å². The van der Waals surface area contributed by atoms with Gasteiger partial charge in [-0.2, -0.15) is 0 Å². The van der Waals surface area contributed by atoms with Crippen LogP contribution < -0.4 is 0 Å². The maximum Gasteiger partial charge on any atom is 0.0474 e. The Balaban J connectivity index is 1.67. The zero-order valence-electron chi connectivity index (χ0n) is 11.3. The van der Waals surface area contributed by atoms with E-state index in [2.05, 4.69) is 40.1 Å². The second-order valence-corrected chi connectivity index (χ2v) is 4.95. The summed E-state index contributed by atoms with van der Waals surface area (Å²) < 4.78 is 5.10. The summed E-state index contributed by atoms with van der Waals surface area (Å²) in [4.78, 5) is 5.09. The van der Waals surface area contributed by atoms with Crippen LogP contribution in [0.5, 0.6) is 0 Å². The van der Waals surface area contributed by atoms with E-state index in [1.807, 2.05) is 0 Å². The van der Waals surface area contributed by atoms with Crippen LogP contribution in [0.2, 0.25) is 0 Å². The summed E-state index contributed by atoms with van der Waals surface area (Å²) in [5.74, 6) is 0. The van der Waals surface area contributed by atoms with Crippen molar-refractivity contribution in [3.63, 3.8) is 0 Å². The van der Waals surface area contributed by atoms with E-state index in [4.69, 9.17) is 4.74 Å². The first kappa shape index (κ1) is 13.5. The van der Waals surface area contributed by atoms with Crippen molar-refractivity contribution in [3.05, 3.63) is 35.9 Å². The average Bonchev–Trinajstić information content (AvgIpc) is 2.42. The van der Waals surface area contributed by atoms with Crippen molar-refractivity contribution in [2.45, 2.75) is 13.0 Å². The van der Waals surface area contributed by atoms with E-state index < -0.39 is 0 Å². The molecule has 0 bridgehead atoms. The molecule has 18 heavy (non-hydrogen) atoms. The van der Waals surface area contributed by atoms with Crippen LogP contribution in [0.1, 0.15) is 12.0 Å². The molecule has 0 aromatic heterocycles. The molecule has 100 valence electrons. The Hall–Kier alpha value is -0.900. The van der Waals surface area contributed by atoms with Gasteiger partial charge < -0.3 is 9.64 Å². The average molecular weight is 248 g/mol. The molecule has 0 N–H and O–H groups in total. The lowest BCUT2D eigenvalue weighted by molar-refractivity contribution is 0.113. The van der Waals surface area contributed by atoms with Gasteiger partial charge in [-0.3, -0.25) is 4.90 Å². The van der Waals surface area contributed by atoms with Crippen molar-refractivity contribution >= 4 is 0 Å². The highest BCUT2D eigenvalue weighted by atomic mass is 16.5. The Labute approximate surface area is 110 Å². The minimum atomic E-state index is 0.879. The highest BCUT2D eigenvalue weighted by Gasteiger charge is 2.16. The third-order valence-electron chi connectivity index (χ3n) is 3.54. The molecule has 1 fully saturated rings. The molecule has 0 radical (unpaired) electrons. The molecule has 2 rings (SSSR count). The van der Waals surface area contributed by atoms with Crippen molar-refractivity contribution in [2.24, 2.45) is 0 Å². The standard InChI is InChI=1S/C15H24N2O/c1-18-13-5-8-16-9-11-17(12-10-16)14-15-6-3-2-4-7-15/h2-4,6-7H,5,8-14H2,1H3. The number of benzene rings is 1. The number of ether oxygens (including phenoxy) is 1. The molecular formula is C15H24N2O. The molecule has 0 saturated carbocycles. The molecule has 1 aromatic carbocycles. The van der Waals surface area contributed by atoms with Crippen molar-refractivity contribution in [1.82, 2.24) is 9.80 Å². The second kappa shape index (κ2) is 7.52. The number of nitrogens with zero attached hydrogens (tertiary/aromatic N) is 2. The lowest BCUT2D eigenvalue weighted by Crippen LogP contribution is -2.46. The lowest BCUT2D eigenvalue weighted by Gasteiger charge is -2.34. The molecule has 1 heterocycles. The quantitative estimate of drug-likeness (QED) is 0.715. The van der Waals surface area contributed by atoms with E-state index in [-0.39, 0.29) is 0 Å². The first-order chi connectivity index (χ1) is 8.88. The fourth-order valence-corrected chi connectivity index (χ4v) is 2.45. The highest BCUT2D eigenvalue weighted by molar-refractivity contribution is 5.14. The number of rotatable bonds is 6. The maximum absolute atomic E-state index is 5.10. The first-order valence-corrected chi connectivity index (χ1v) is 6.86. The summed E-state index contributed by atoms with van der Waals surface area (Å²) in [5, 5.41) is 0. The Morgan fingerprint density at radius 3 is 2.33 bits per heavy atom. The Morgan fingerprint density at radius 2 is 1.67 bits per heavy atom. The third-order valence-corrected chi connectivity index (χ3v) is 3.54. The molecule has 1 saturated heterocycles. The molecule has 1 aromatic rings. The van der Waals surface area contributed by atoms with Crippen molar-refractivity contribution < 1.29 is 4.74 Å². The van der Waals surface area contributed by atoms with E-state index in [0.717, 1.165) is 19.6 Å². The van der Waals surface area contributed by atoms with E-state index in [1.54, 1.807) is 7.11 Å². The smallest absolute Gasteiger partial charge is 0.0474 e. The topological polar surface area (TPSA) is 15.7 Å². The van der Waals surface area contributed by atoms with Gasteiger partial charge in [-0.15, -0.1) is 0 Å². The molecule has 0 amide bonds. The monoisotopic (exact) mass is 248 g/mol. The largest absolute Gasteiger partial charge is 0.385 e. The number of piperazine rings is 1. The molecule has 0 spiro atoms. The molecular weight excluding hydrogens is 224 g/mol. The van der Waals surface area contributed by atoms with Gasteiger partial charge in [0.15, 0.2) is 0 Å². The van der Waals surface area contributed by atoms with Crippen molar-refractivity contribution in [1.29, 1.82) is 0 Å².